The van der Waals surface area contributed by atoms with Crippen LogP contribution in [0.5, 0.6) is 0 Å². The van der Waals surface area contributed by atoms with E-state index in [1.165, 1.54) is 45.3 Å². The molecule has 2 rings (SSSR count). The number of guanidine groups is 1. The van der Waals surface area contributed by atoms with Crippen molar-refractivity contribution in [3.8, 4) is 0 Å². The second kappa shape index (κ2) is 13.1. The highest BCUT2D eigenvalue weighted by Gasteiger charge is 2.19. The summed E-state index contributed by atoms with van der Waals surface area (Å²) in [6.45, 7) is 9.43. The largest absolute Gasteiger partial charge is 0.363 e. The Bertz CT molecular complexity index is 555. The molecule has 2 heterocycles. The predicted molar refractivity (Wildman–Crippen MR) is 126 cm³/mol. The van der Waals surface area contributed by atoms with Gasteiger partial charge in [0.15, 0.2) is 5.96 Å². The fraction of sp³-hybridized carbons (Fsp3) is 0.700. The minimum atomic E-state index is 0. The molecule has 1 aliphatic heterocycles. The molecule has 0 atom stereocenters. The standard InChI is InChI=1S/C20H36N6.HI/c1-5-7-13-26-14-11-17(12-15-26)24-20(21-6-2)22-16-18-9-8-10-19(23-18)25(3)4;/h8-10,17H,5-7,11-16H2,1-4H3,(H2,21,22,24);1H. The van der Waals surface area contributed by atoms with Gasteiger partial charge in [-0.3, -0.25) is 0 Å². The van der Waals surface area contributed by atoms with Crippen molar-refractivity contribution in [2.45, 2.75) is 52.1 Å². The number of rotatable bonds is 8. The normalized spacial score (nSPS) is 15.9. The van der Waals surface area contributed by atoms with E-state index in [1.54, 1.807) is 0 Å². The molecule has 0 saturated carbocycles. The molecule has 27 heavy (non-hydrogen) atoms. The Kier molecular flexibility index (Phi) is 11.7. The van der Waals surface area contributed by atoms with E-state index in [9.17, 15) is 0 Å². The van der Waals surface area contributed by atoms with Gasteiger partial charge in [-0.25, -0.2) is 9.98 Å². The summed E-state index contributed by atoms with van der Waals surface area (Å²) in [5.74, 6) is 1.87. The summed E-state index contributed by atoms with van der Waals surface area (Å²) in [4.78, 5) is 14.0. The fourth-order valence-corrected chi connectivity index (χ4v) is 3.16. The first-order valence-electron chi connectivity index (χ1n) is 10.0. The van der Waals surface area contributed by atoms with E-state index < -0.39 is 0 Å². The molecule has 0 radical (unpaired) electrons. The van der Waals surface area contributed by atoms with Crippen LogP contribution in [0, 0.1) is 0 Å². The highest BCUT2D eigenvalue weighted by Crippen LogP contribution is 2.12. The van der Waals surface area contributed by atoms with Crippen LogP contribution in [0.2, 0.25) is 0 Å². The number of anilines is 1. The Morgan fingerprint density at radius 2 is 2.00 bits per heavy atom. The maximum atomic E-state index is 4.75. The van der Waals surface area contributed by atoms with Crippen LogP contribution in [0.25, 0.3) is 0 Å². The molecule has 154 valence electrons. The van der Waals surface area contributed by atoms with Crippen LogP contribution >= 0.6 is 24.0 Å². The number of aliphatic imine (C=N–C) groups is 1. The highest BCUT2D eigenvalue weighted by molar-refractivity contribution is 14.0. The van der Waals surface area contributed by atoms with Gasteiger partial charge in [0.05, 0.1) is 12.2 Å². The lowest BCUT2D eigenvalue weighted by Crippen LogP contribution is -2.48. The molecule has 1 aromatic rings. The number of hydrogen-bond donors (Lipinski definition) is 2. The second-order valence-corrected chi connectivity index (χ2v) is 7.19. The van der Waals surface area contributed by atoms with Gasteiger partial charge < -0.3 is 20.4 Å². The molecule has 0 unspecified atom stereocenters. The Morgan fingerprint density at radius 3 is 2.63 bits per heavy atom. The average molecular weight is 488 g/mol. The number of aromatic nitrogens is 1. The first-order valence-corrected chi connectivity index (χ1v) is 10.0. The minimum Gasteiger partial charge on any atom is -0.363 e. The van der Waals surface area contributed by atoms with Crippen molar-refractivity contribution < 1.29 is 0 Å². The van der Waals surface area contributed by atoms with Crippen LogP contribution in [0.4, 0.5) is 5.82 Å². The molecule has 0 bridgehead atoms. The number of nitrogens with one attached hydrogen (secondary N) is 2. The zero-order valence-corrected chi connectivity index (χ0v) is 19.7. The average Bonchev–Trinajstić information content (AvgIpc) is 2.66. The summed E-state index contributed by atoms with van der Waals surface area (Å²) in [6.07, 6.45) is 4.95. The monoisotopic (exact) mass is 488 g/mol. The third kappa shape index (κ3) is 8.64. The number of hydrogen-bond acceptors (Lipinski definition) is 4. The molecular weight excluding hydrogens is 451 g/mol. The summed E-state index contributed by atoms with van der Waals surface area (Å²) in [6, 6.07) is 6.60. The number of likely N-dealkylation sites (tertiary alicyclic amines) is 1. The van der Waals surface area contributed by atoms with Crippen molar-refractivity contribution >= 4 is 35.8 Å². The molecule has 1 aromatic heterocycles. The Hall–Kier alpha value is -1.09. The summed E-state index contributed by atoms with van der Waals surface area (Å²) < 4.78 is 0. The molecule has 1 aliphatic rings. The summed E-state index contributed by atoms with van der Waals surface area (Å²) >= 11 is 0. The Morgan fingerprint density at radius 1 is 1.26 bits per heavy atom. The number of halogens is 1. The van der Waals surface area contributed by atoms with E-state index in [0.29, 0.717) is 12.6 Å². The maximum absolute atomic E-state index is 4.75. The van der Waals surface area contributed by atoms with Crippen LogP contribution in [0.1, 0.15) is 45.2 Å². The van der Waals surface area contributed by atoms with Gasteiger partial charge in [0.1, 0.15) is 5.82 Å². The third-order valence-electron chi connectivity index (χ3n) is 4.75. The molecule has 0 spiro atoms. The fourth-order valence-electron chi connectivity index (χ4n) is 3.16. The van der Waals surface area contributed by atoms with Gasteiger partial charge in [0.2, 0.25) is 0 Å². The molecule has 2 N–H and O–H groups in total. The molecule has 1 saturated heterocycles. The lowest BCUT2D eigenvalue weighted by Gasteiger charge is -2.33. The Balaban J connectivity index is 0.00000364. The SMILES string of the molecule is CCCCN1CCC(NC(=NCc2cccc(N(C)C)n2)NCC)CC1.I. The summed E-state index contributed by atoms with van der Waals surface area (Å²) in [5.41, 5.74) is 0.989. The van der Waals surface area contributed by atoms with Gasteiger partial charge in [-0.05, 0) is 44.9 Å². The van der Waals surface area contributed by atoms with E-state index in [0.717, 1.165) is 24.0 Å². The first kappa shape index (κ1) is 23.9. The van der Waals surface area contributed by atoms with Gasteiger partial charge in [-0.1, -0.05) is 19.4 Å². The first-order chi connectivity index (χ1) is 12.6. The number of piperidine rings is 1. The van der Waals surface area contributed by atoms with Gasteiger partial charge in [0.25, 0.3) is 0 Å². The van der Waals surface area contributed by atoms with Crippen LogP contribution in [-0.4, -0.2) is 62.2 Å². The molecule has 0 aliphatic carbocycles. The minimum absolute atomic E-state index is 0. The van der Waals surface area contributed by atoms with Gasteiger partial charge in [-0.15, -0.1) is 24.0 Å². The van der Waals surface area contributed by atoms with Crippen molar-refractivity contribution in [1.82, 2.24) is 20.5 Å². The van der Waals surface area contributed by atoms with Gasteiger partial charge >= 0.3 is 0 Å². The van der Waals surface area contributed by atoms with Crippen LogP contribution in [0.15, 0.2) is 23.2 Å². The van der Waals surface area contributed by atoms with E-state index >= 15 is 0 Å². The zero-order valence-electron chi connectivity index (χ0n) is 17.4. The summed E-state index contributed by atoms with van der Waals surface area (Å²) in [7, 11) is 4.02. The van der Waals surface area contributed by atoms with Crippen LogP contribution < -0.4 is 15.5 Å². The van der Waals surface area contributed by atoms with Crippen LogP contribution in [-0.2, 0) is 6.54 Å². The van der Waals surface area contributed by atoms with E-state index in [4.69, 9.17) is 4.99 Å². The smallest absolute Gasteiger partial charge is 0.191 e. The van der Waals surface area contributed by atoms with Crippen molar-refractivity contribution in [3.63, 3.8) is 0 Å². The van der Waals surface area contributed by atoms with Crippen LogP contribution in [0.3, 0.4) is 0 Å². The van der Waals surface area contributed by atoms with Crippen molar-refractivity contribution in [2.24, 2.45) is 4.99 Å². The zero-order chi connectivity index (χ0) is 18.8. The molecule has 0 aromatic carbocycles. The predicted octanol–water partition coefficient (Wildman–Crippen LogP) is 3.09. The third-order valence-corrected chi connectivity index (χ3v) is 4.75. The summed E-state index contributed by atoms with van der Waals surface area (Å²) in [5, 5.41) is 6.99. The van der Waals surface area contributed by atoms with E-state index in [1.807, 2.05) is 37.2 Å². The quantitative estimate of drug-likeness (QED) is 0.335. The van der Waals surface area contributed by atoms with Gasteiger partial charge in [-0.2, -0.15) is 0 Å². The number of nitrogens with zero attached hydrogens (tertiary/aromatic N) is 4. The molecule has 1 fully saturated rings. The maximum Gasteiger partial charge on any atom is 0.191 e. The number of pyridine rings is 1. The van der Waals surface area contributed by atoms with E-state index in [2.05, 4.69) is 34.4 Å². The Labute approximate surface area is 182 Å². The molecule has 7 heteroatoms. The van der Waals surface area contributed by atoms with Crippen molar-refractivity contribution in [2.75, 3.05) is 45.2 Å². The number of unbranched alkanes of at least 4 members (excludes halogenated alkanes) is 1. The molecule has 0 amide bonds. The topological polar surface area (TPSA) is 55.8 Å². The van der Waals surface area contributed by atoms with Gasteiger partial charge in [0, 0.05) is 39.8 Å². The molecular formula is C20H37IN6. The lowest BCUT2D eigenvalue weighted by atomic mass is 10.0. The lowest BCUT2D eigenvalue weighted by molar-refractivity contribution is 0.203. The van der Waals surface area contributed by atoms with Crippen molar-refractivity contribution in [1.29, 1.82) is 0 Å². The second-order valence-electron chi connectivity index (χ2n) is 7.19. The molecule has 6 nitrogen and oxygen atoms in total. The highest BCUT2D eigenvalue weighted by atomic mass is 127. The van der Waals surface area contributed by atoms with Crippen molar-refractivity contribution in [3.05, 3.63) is 23.9 Å². The van der Waals surface area contributed by atoms with E-state index in [-0.39, 0.29) is 24.0 Å².